The topological polar surface area (TPSA) is 92.8 Å². The Labute approximate surface area is 141 Å². The van der Waals surface area contributed by atoms with E-state index in [-0.39, 0.29) is 31.6 Å². The maximum atomic E-state index is 10.9. The lowest BCUT2D eigenvalue weighted by Gasteiger charge is -2.24. The molecule has 0 aliphatic heterocycles. The summed E-state index contributed by atoms with van der Waals surface area (Å²) in [5.41, 5.74) is 5.00. The molecule has 0 rings (SSSR count). The predicted octanol–water partition coefficient (Wildman–Crippen LogP) is 2.55. The van der Waals surface area contributed by atoms with Crippen LogP contribution in [0.15, 0.2) is 0 Å². The molecule has 4 N–H and O–H groups in total. The van der Waals surface area contributed by atoms with E-state index in [1.54, 1.807) is 0 Å². The van der Waals surface area contributed by atoms with Crippen molar-refractivity contribution in [3.63, 3.8) is 0 Å². The summed E-state index contributed by atoms with van der Waals surface area (Å²) in [5.74, 6) is -0.114. The van der Waals surface area contributed by atoms with E-state index in [1.165, 1.54) is 39.2 Å². The Morgan fingerprint density at radius 1 is 0.909 bits per heavy atom. The number of halogens is 1. The van der Waals surface area contributed by atoms with E-state index in [1.807, 2.05) is 0 Å². The summed E-state index contributed by atoms with van der Waals surface area (Å²) in [6, 6.07) is 0. The predicted molar refractivity (Wildman–Crippen MR) is 91.1 cm³/mol. The fraction of sp³-hybridized carbons (Fsp3) is 0.938. The molecule has 0 fully saturated rings. The van der Waals surface area contributed by atoms with Gasteiger partial charge in [0.15, 0.2) is 0 Å². The van der Waals surface area contributed by atoms with Gasteiger partial charge >= 0.3 is 5.97 Å². The molecule has 0 aromatic heterocycles. The third-order valence-corrected chi connectivity index (χ3v) is 3.91. The summed E-state index contributed by atoms with van der Waals surface area (Å²) in [5, 5.41) is 18.1. The highest BCUT2D eigenvalue weighted by Gasteiger charge is 2.21. The van der Waals surface area contributed by atoms with Gasteiger partial charge in [0.25, 0.3) is 0 Å². The zero-order valence-electron chi connectivity index (χ0n) is 13.9. The minimum absolute atomic E-state index is 0. The number of hydrogen-bond donors (Lipinski definition) is 3. The molecular formula is C16H34ClNO4. The first-order valence-corrected chi connectivity index (χ1v) is 8.15. The van der Waals surface area contributed by atoms with Crippen molar-refractivity contribution >= 4 is 18.4 Å². The highest BCUT2D eigenvalue weighted by molar-refractivity contribution is 5.85. The van der Waals surface area contributed by atoms with Gasteiger partial charge in [0.1, 0.15) is 0 Å². The largest absolute Gasteiger partial charge is 0.469 e. The molecule has 0 heterocycles. The van der Waals surface area contributed by atoms with Crippen LogP contribution in [0.25, 0.3) is 0 Å². The fourth-order valence-electron chi connectivity index (χ4n) is 2.29. The summed E-state index contributed by atoms with van der Waals surface area (Å²) >= 11 is 0. The van der Waals surface area contributed by atoms with Crippen LogP contribution < -0.4 is 5.73 Å². The van der Waals surface area contributed by atoms with E-state index in [2.05, 4.69) is 4.74 Å². The van der Waals surface area contributed by atoms with Crippen molar-refractivity contribution in [2.75, 3.05) is 20.3 Å². The fourth-order valence-corrected chi connectivity index (χ4v) is 2.29. The Morgan fingerprint density at radius 2 is 1.32 bits per heavy atom. The second kappa shape index (κ2) is 15.5. The zero-order chi connectivity index (χ0) is 16.0. The highest BCUT2D eigenvalue weighted by Crippen LogP contribution is 2.15. The number of methoxy groups -OCH3 is 1. The van der Waals surface area contributed by atoms with Gasteiger partial charge in [-0.25, -0.2) is 0 Å². The highest BCUT2D eigenvalue weighted by atomic mass is 35.5. The molecule has 0 bridgehead atoms. The number of nitrogens with two attached hydrogens (primary N) is 1. The maximum Gasteiger partial charge on any atom is 0.305 e. The van der Waals surface area contributed by atoms with Gasteiger partial charge in [-0.3, -0.25) is 4.79 Å². The number of rotatable bonds is 14. The average molecular weight is 340 g/mol. The standard InChI is InChI=1S/C16H33NO4.ClH/c1-21-15(20)11-9-7-5-3-2-4-6-8-10-12-16(17,13-18)14-19;/h18-19H,2-14,17H2,1H3;1H. The normalized spacial score (nSPS) is 11.1. The van der Waals surface area contributed by atoms with Crippen LogP contribution in [0.4, 0.5) is 0 Å². The van der Waals surface area contributed by atoms with Crippen molar-refractivity contribution in [1.29, 1.82) is 0 Å². The summed E-state index contributed by atoms with van der Waals surface area (Å²) in [6.07, 6.45) is 11.3. The first-order chi connectivity index (χ1) is 10.1. The molecule has 0 amide bonds. The number of unbranched alkanes of at least 4 members (excludes halogenated alkanes) is 8. The van der Waals surface area contributed by atoms with Crippen LogP contribution in [-0.4, -0.2) is 42.0 Å². The molecule has 22 heavy (non-hydrogen) atoms. The van der Waals surface area contributed by atoms with E-state index >= 15 is 0 Å². The van der Waals surface area contributed by atoms with Gasteiger partial charge in [-0.2, -0.15) is 0 Å². The Kier molecular flexibility index (Phi) is 16.9. The molecule has 5 nitrogen and oxygen atoms in total. The van der Waals surface area contributed by atoms with E-state index in [9.17, 15) is 4.79 Å². The number of hydrogen-bond acceptors (Lipinski definition) is 5. The Balaban J connectivity index is 0. The lowest BCUT2D eigenvalue weighted by Crippen LogP contribution is -2.47. The molecular weight excluding hydrogens is 306 g/mol. The van der Waals surface area contributed by atoms with E-state index in [0.29, 0.717) is 12.8 Å². The van der Waals surface area contributed by atoms with Crippen molar-refractivity contribution in [3.8, 4) is 0 Å². The van der Waals surface area contributed by atoms with Gasteiger partial charge in [-0.1, -0.05) is 51.4 Å². The molecule has 0 aromatic rings. The molecule has 0 saturated heterocycles. The summed E-state index contributed by atoms with van der Waals surface area (Å²) < 4.78 is 4.59. The van der Waals surface area contributed by atoms with Gasteiger partial charge in [0.2, 0.25) is 0 Å². The Morgan fingerprint density at radius 3 is 1.73 bits per heavy atom. The van der Waals surface area contributed by atoms with Crippen LogP contribution >= 0.6 is 12.4 Å². The van der Waals surface area contributed by atoms with Gasteiger partial charge in [0.05, 0.1) is 25.9 Å². The van der Waals surface area contributed by atoms with Gasteiger partial charge in [-0.05, 0) is 12.8 Å². The molecule has 0 unspecified atom stereocenters. The molecule has 0 spiro atoms. The van der Waals surface area contributed by atoms with Crippen LogP contribution in [-0.2, 0) is 9.53 Å². The molecule has 0 atom stereocenters. The van der Waals surface area contributed by atoms with Gasteiger partial charge in [-0.15, -0.1) is 12.4 Å². The Bertz CT molecular complexity index is 261. The molecule has 6 heteroatoms. The van der Waals surface area contributed by atoms with Crippen LogP contribution in [0, 0.1) is 0 Å². The lowest BCUT2D eigenvalue weighted by atomic mass is 9.94. The van der Waals surface area contributed by atoms with Crippen LogP contribution in [0.3, 0.4) is 0 Å². The first-order valence-electron chi connectivity index (χ1n) is 8.15. The summed E-state index contributed by atoms with van der Waals surface area (Å²) in [6.45, 7) is -0.315. The maximum absolute atomic E-state index is 10.9. The zero-order valence-corrected chi connectivity index (χ0v) is 14.7. The Hall–Kier alpha value is -0.360. The van der Waals surface area contributed by atoms with E-state index in [4.69, 9.17) is 15.9 Å². The minimum atomic E-state index is -0.806. The number of carbonyl (C=O) groups is 1. The van der Waals surface area contributed by atoms with Crippen molar-refractivity contribution < 1.29 is 19.7 Å². The number of esters is 1. The van der Waals surface area contributed by atoms with Crippen LogP contribution in [0.5, 0.6) is 0 Å². The van der Waals surface area contributed by atoms with Crippen molar-refractivity contribution in [2.45, 2.75) is 76.2 Å². The molecule has 0 aliphatic carbocycles. The monoisotopic (exact) mass is 339 g/mol. The second-order valence-electron chi connectivity index (χ2n) is 5.94. The number of ether oxygens (including phenoxy) is 1. The molecule has 0 aromatic carbocycles. The number of carbonyl (C=O) groups excluding carboxylic acids is 1. The van der Waals surface area contributed by atoms with Gasteiger partial charge in [0, 0.05) is 6.42 Å². The summed E-state index contributed by atoms with van der Waals surface area (Å²) in [4.78, 5) is 10.9. The third kappa shape index (κ3) is 13.3. The number of aliphatic hydroxyl groups is 2. The third-order valence-electron chi connectivity index (χ3n) is 3.91. The quantitative estimate of drug-likeness (QED) is 0.334. The van der Waals surface area contributed by atoms with E-state index < -0.39 is 5.54 Å². The van der Waals surface area contributed by atoms with E-state index in [0.717, 1.165) is 25.7 Å². The van der Waals surface area contributed by atoms with Crippen LogP contribution in [0.1, 0.15) is 70.6 Å². The van der Waals surface area contributed by atoms with Crippen LogP contribution in [0.2, 0.25) is 0 Å². The lowest BCUT2D eigenvalue weighted by molar-refractivity contribution is -0.140. The SMILES string of the molecule is COC(=O)CCCCCCCCCCCC(N)(CO)CO.Cl. The van der Waals surface area contributed by atoms with Crippen molar-refractivity contribution in [3.05, 3.63) is 0 Å². The number of aliphatic hydroxyl groups excluding tert-OH is 2. The first kappa shape index (κ1) is 23.9. The summed E-state index contributed by atoms with van der Waals surface area (Å²) in [7, 11) is 1.43. The smallest absolute Gasteiger partial charge is 0.305 e. The minimum Gasteiger partial charge on any atom is -0.469 e. The molecule has 0 aliphatic rings. The average Bonchev–Trinajstić information content (AvgIpc) is 2.51. The van der Waals surface area contributed by atoms with Crippen molar-refractivity contribution in [1.82, 2.24) is 0 Å². The molecule has 0 radical (unpaired) electrons. The van der Waals surface area contributed by atoms with Crippen molar-refractivity contribution in [2.24, 2.45) is 5.73 Å². The van der Waals surface area contributed by atoms with Gasteiger partial charge < -0.3 is 20.7 Å². The molecule has 0 saturated carbocycles. The molecule has 134 valence electrons. The second-order valence-corrected chi connectivity index (χ2v) is 5.94.